The summed E-state index contributed by atoms with van der Waals surface area (Å²) in [5, 5.41) is 9.08. The number of aromatic carboxylic acids is 1. The third kappa shape index (κ3) is 1.30. The highest BCUT2D eigenvalue weighted by molar-refractivity contribution is 5.88. The molecule has 2 heterocycles. The largest absolute Gasteiger partial charge is 0.477 e. The number of nitrogens with zero attached hydrogens (tertiary/aromatic N) is 2. The van der Waals surface area contributed by atoms with Gasteiger partial charge < -0.3 is 5.11 Å². The van der Waals surface area contributed by atoms with Gasteiger partial charge >= 0.3 is 5.97 Å². The molecular weight excluding hydrogens is 204 g/mol. The first-order chi connectivity index (χ1) is 7.66. The van der Waals surface area contributed by atoms with Gasteiger partial charge in [-0.15, -0.1) is 0 Å². The third-order valence-corrected chi connectivity index (χ3v) is 3.08. The van der Waals surface area contributed by atoms with Crippen LogP contribution in [0.1, 0.15) is 40.5 Å². The van der Waals surface area contributed by atoms with Crippen LogP contribution in [-0.2, 0) is 0 Å². The van der Waals surface area contributed by atoms with Gasteiger partial charge in [-0.05, 0) is 43.4 Å². The SMILES string of the molecule is Cc1nc2cc(C3CC3)ccn2c1C(=O)O. The predicted octanol–water partition coefficient (Wildman–Crippen LogP) is 2.22. The first kappa shape index (κ1) is 9.39. The van der Waals surface area contributed by atoms with Crippen LogP contribution >= 0.6 is 0 Å². The number of fused-ring (bicyclic) bond motifs is 1. The normalized spacial score (nSPS) is 15.6. The quantitative estimate of drug-likeness (QED) is 0.837. The molecule has 82 valence electrons. The molecule has 3 rings (SSSR count). The lowest BCUT2D eigenvalue weighted by atomic mass is 10.2. The highest BCUT2D eigenvalue weighted by Gasteiger charge is 2.24. The summed E-state index contributed by atoms with van der Waals surface area (Å²) in [6, 6.07) is 4.00. The molecule has 1 aliphatic carbocycles. The number of carboxylic acid groups (broad SMARTS) is 1. The van der Waals surface area contributed by atoms with Crippen molar-refractivity contribution in [1.29, 1.82) is 0 Å². The Balaban J connectivity index is 2.22. The molecule has 1 saturated carbocycles. The van der Waals surface area contributed by atoms with Crippen molar-refractivity contribution >= 4 is 11.6 Å². The minimum Gasteiger partial charge on any atom is -0.477 e. The molecule has 2 aromatic rings. The van der Waals surface area contributed by atoms with E-state index in [9.17, 15) is 4.79 Å². The Hall–Kier alpha value is -1.84. The van der Waals surface area contributed by atoms with E-state index >= 15 is 0 Å². The lowest BCUT2D eigenvalue weighted by Crippen LogP contribution is -2.03. The maximum atomic E-state index is 11.1. The molecule has 0 atom stereocenters. The van der Waals surface area contributed by atoms with Gasteiger partial charge in [0.15, 0.2) is 5.69 Å². The summed E-state index contributed by atoms with van der Waals surface area (Å²) in [7, 11) is 0. The van der Waals surface area contributed by atoms with Crippen molar-refractivity contribution in [2.75, 3.05) is 0 Å². The van der Waals surface area contributed by atoms with E-state index in [0.29, 0.717) is 11.6 Å². The van der Waals surface area contributed by atoms with Gasteiger partial charge in [0.1, 0.15) is 5.65 Å². The molecule has 0 saturated heterocycles. The van der Waals surface area contributed by atoms with Crippen LogP contribution in [0.2, 0.25) is 0 Å². The molecule has 4 heteroatoms. The second-order valence-corrected chi connectivity index (χ2v) is 4.31. The van der Waals surface area contributed by atoms with Crippen molar-refractivity contribution in [2.24, 2.45) is 0 Å². The number of rotatable bonds is 2. The number of imidazole rings is 1. The maximum absolute atomic E-state index is 11.1. The summed E-state index contributed by atoms with van der Waals surface area (Å²) < 4.78 is 1.64. The van der Waals surface area contributed by atoms with Crippen LogP contribution in [0, 0.1) is 6.92 Å². The number of aryl methyl sites for hydroxylation is 1. The lowest BCUT2D eigenvalue weighted by molar-refractivity contribution is 0.0688. The average Bonchev–Trinajstić information content (AvgIpc) is 2.99. The molecule has 1 N–H and O–H groups in total. The van der Waals surface area contributed by atoms with Crippen molar-refractivity contribution < 1.29 is 9.90 Å². The number of aromatic nitrogens is 2. The molecule has 0 radical (unpaired) electrons. The standard InChI is InChI=1S/C12H12N2O2/c1-7-11(12(15)16)14-5-4-9(8-2-3-8)6-10(14)13-7/h4-6,8H,2-3H2,1H3,(H,15,16). The van der Waals surface area contributed by atoms with Crippen LogP contribution in [0.5, 0.6) is 0 Å². The summed E-state index contributed by atoms with van der Waals surface area (Å²) in [6.45, 7) is 1.73. The fourth-order valence-electron chi connectivity index (χ4n) is 2.11. The van der Waals surface area contributed by atoms with E-state index in [1.807, 2.05) is 18.3 Å². The zero-order valence-corrected chi connectivity index (χ0v) is 8.97. The van der Waals surface area contributed by atoms with Crippen molar-refractivity contribution in [3.8, 4) is 0 Å². The molecule has 1 fully saturated rings. The van der Waals surface area contributed by atoms with E-state index in [1.165, 1.54) is 18.4 Å². The fourth-order valence-corrected chi connectivity index (χ4v) is 2.11. The van der Waals surface area contributed by atoms with E-state index in [2.05, 4.69) is 4.98 Å². The molecule has 0 unspecified atom stereocenters. The smallest absolute Gasteiger partial charge is 0.354 e. The molecule has 0 bridgehead atoms. The Bertz CT molecular complexity index is 582. The molecule has 2 aromatic heterocycles. The van der Waals surface area contributed by atoms with E-state index in [1.54, 1.807) is 11.3 Å². The van der Waals surface area contributed by atoms with Crippen molar-refractivity contribution in [3.05, 3.63) is 35.3 Å². The van der Waals surface area contributed by atoms with Crippen molar-refractivity contribution in [2.45, 2.75) is 25.7 Å². The van der Waals surface area contributed by atoms with Gasteiger partial charge in [-0.25, -0.2) is 9.78 Å². The number of carbonyl (C=O) groups is 1. The topological polar surface area (TPSA) is 54.6 Å². The van der Waals surface area contributed by atoms with E-state index < -0.39 is 5.97 Å². The Kier molecular flexibility index (Phi) is 1.80. The van der Waals surface area contributed by atoms with E-state index in [0.717, 1.165) is 5.65 Å². The summed E-state index contributed by atoms with van der Waals surface area (Å²) >= 11 is 0. The minimum absolute atomic E-state index is 0.261. The monoisotopic (exact) mass is 216 g/mol. The first-order valence-corrected chi connectivity index (χ1v) is 5.38. The third-order valence-electron chi connectivity index (χ3n) is 3.08. The number of hydrogen-bond donors (Lipinski definition) is 1. The van der Waals surface area contributed by atoms with Crippen LogP contribution in [-0.4, -0.2) is 20.5 Å². The van der Waals surface area contributed by atoms with Crippen LogP contribution in [0.4, 0.5) is 0 Å². The summed E-state index contributed by atoms with van der Waals surface area (Å²) in [4.78, 5) is 15.4. The number of pyridine rings is 1. The lowest BCUT2D eigenvalue weighted by Gasteiger charge is -2.00. The van der Waals surface area contributed by atoms with Gasteiger partial charge in [-0.3, -0.25) is 4.40 Å². The van der Waals surface area contributed by atoms with E-state index in [-0.39, 0.29) is 5.69 Å². The van der Waals surface area contributed by atoms with Crippen LogP contribution in [0.15, 0.2) is 18.3 Å². The summed E-state index contributed by atoms with van der Waals surface area (Å²) in [6.07, 6.45) is 4.29. The first-order valence-electron chi connectivity index (χ1n) is 5.38. The highest BCUT2D eigenvalue weighted by atomic mass is 16.4. The fraction of sp³-hybridized carbons (Fsp3) is 0.333. The molecule has 0 aliphatic heterocycles. The van der Waals surface area contributed by atoms with Gasteiger partial charge in [0.25, 0.3) is 0 Å². The average molecular weight is 216 g/mol. The van der Waals surface area contributed by atoms with Gasteiger partial charge in [0.2, 0.25) is 0 Å². The van der Waals surface area contributed by atoms with Crippen LogP contribution in [0.3, 0.4) is 0 Å². The second kappa shape index (κ2) is 3.07. The Morgan fingerprint density at radius 3 is 2.94 bits per heavy atom. The molecule has 1 aliphatic rings. The molecular formula is C12H12N2O2. The van der Waals surface area contributed by atoms with E-state index in [4.69, 9.17) is 5.11 Å². The van der Waals surface area contributed by atoms with Gasteiger partial charge in [-0.1, -0.05) is 0 Å². The molecule has 4 nitrogen and oxygen atoms in total. The molecule has 16 heavy (non-hydrogen) atoms. The van der Waals surface area contributed by atoms with Gasteiger partial charge in [0, 0.05) is 6.20 Å². The number of hydrogen-bond acceptors (Lipinski definition) is 2. The highest BCUT2D eigenvalue weighted by Crippen LogP contribution is 2.40. The number of carboxylic acids is 1. The summed E-state index contributed by atoms with van der Waals surface area (Å²) in [5.41, 5.74) is 2.84. The van der Waals surface area contributed by atoms with Gasteiger partial charge in [0.05, 0.1) is 5.69 Å². The van der Waals surface area contributed by atoms with Crippen molar-refractivity contribution in [3.63, 3.8) is 0 Å². The zero-order valence-electron chi connectivity index (χ0n) is 8.97. The maximum Gasteiger partial charge on any atom is 0.354 e. The molecule has 0 amide bonds. The Morgan fingerprint density at radius 2 is 2.31 bits per heavy atom. The van der Waals surface area contributed by atoms with Crippen LogP contribution < -0.4 is 0 Å². The molecule has 0 spiro atoms. The zero-order chi connectivity index (χ0) is 11.3. The summed E-state index contributed by atoms with van der Waals surface area (Å²) in [5.74, 6) is -0.264. The Labute approximate surface area is 92.5 Å². The Morgan fingerprint density at radius 1 is 1.56 bits per heavy atom. The second-order valence-electron chi connectivity index (χ2n) is 4.31. The van der Waals surface area contributed by atoms with Crippen LogP contribution in [0.25, 0.3) is 5.65 Å². The predicted molar refractivity (Wildman–Crippen MR) is 58.9 cm³/mol. The minimum atomic E-state index is -0.927. The van der Waals surface area contributed by atoms with Crippen molar-refractivity contribution in [1.82, 2.24) is 9.38 Å². The molecule has 0 aromatic carbocycles. The van der Waals surface area contributed by atoms with Gasteiger partial charge in [-0.2, -0.15) is 0 Å².